The van der Waals surface area contributed by atoms with Gasteiger partial charge in [-0.15, -0.1) is 0 Å². The molecular weight excluding hydrogens is 415 g/mol. The minimum Gasteiger partial charge on any atom is -0.362 e. The number of nitrogens with one attached hydrogen (secondary N) is 1. The lowest BCUT2D eigenvalue weighted by Gasteiger charge is -2.37. The van der Waals surface area contributed by atoms with Crippen LogP contribution in [0.15, 0.2) is 77.3 Å². The summed E-state index contributed by atoms with van der Waals surface area (Å²) in [5.74, 6) is -0.281. The highest BCUT2D eigenvalue weighted by Gasteiger charge is 2.41. The van der Waals surface area contributed by atoms with Gasteiger partial charge >= 0.3 is 0 Å². The molecule has 2 aliphatic carbocycles. The zero-order valence-corrected chi connectivity index (χ0v) is 18.4. The van der Waals surface area contributed by atoms with Crippen molar-refractivity contribution < 1.29 is 14.0 Å². The Morgan fingerprint density at radius 1 is 0.848 bits per heavy atom. The zero-order chi connectivity index (χ0) is 22.5. The summed E-state index contributed by atoms with van der Waals surface area (Å²) >= 11 is 0. The SMILES string of the molecule is O=C1CCCC2=C1C(c1cn(Cc3ccc(F)cc3)c3ccccc13)C1=C(CCCC1=O)N2. The van der Waals surface area contributed by atoms with Crippen LogP contribution in [0.3, 0.4) is 0 Å². The first-order chi connectivity index (χ1) is 16.1. The van der Waals surface area contributed by atoms with Crippen molar-refractivity contribution in [1.29, 1.82) is 0 Å². The van der Waals surface area contributed by atoms with Crippen LogP contribution in [0.1, 0.15) is 55.6 Å². The average Bonchev–Trinajstić information content (AvgIpc) is 3.18. The summed E-state index contributed by atoms with van der Waals surface area (Å²) < 4.78 is 15.6. The molecule has 0 amide bonds. The second kappa shape index (κ2) is 7.84. The molecule has 0 fully saturated rings. The number of rotatable bonds is 3. The Morgan fingerprint density at radius 2 is 1.48 bits per heavy atom. The molecule has 0 atom stereocenters. The van der Waals surface area contributed by atoms with Gasteiger partial charge in [-0.05, 0) is 55.0 Å². The summed E-state index contributed by atoms with van der Waals surface area (Å²) in [7, 11) is 0. The number of benzene rings is 2. The van der Waals surface area contributed by atoms with Gasteiger partial charge in [-0.25, -0.2) is 4.39 Å². The standard InChI is InChI=1S/C28H25FN2O2/c29-18-13-11-17(12-14-18)15-31-16-20(19-5-1-2-8-23(19)31)26-27-21(6-3-9-24(27)32)30-22-7-4-10-25(33)28(22)26/h1-2,5,8,11-14,16,26,30H,3-4,6-7,9-10,15H2. The van der Waals surface area contributed by atoms with Gasteiger partial charge in [0, 0.05) is 64.9 Å². The molecule has 0 unspecified atom stereocenters. The van der Waals surface area contributed by atoms with Gasteiger partial charge in [0.2, 0.25) is 0 Å². The predicted molar refractivity (Wildman–Crippen MR) is 125 cm³/mol. The largest absolute Gasteiger partial charge is 0.362 e. The van der Waals surface area contributed by atoms with E-state index in [0.717, 1.165) is 70.3 Å². The lowest BCUT2D eigenvalue weighted by molar-refractivity contribution is -0.116. The molecule has 3 aliphatic rings. The number of ketones is 2. The van der Waals surface area contributed by atoms with Crippen LogP contribution in [0.2, 0.25) is 0 Å². The van der Waals surface area contributed by atoms with Crippen LogP contribution in [0.25, 0.3) is 10.9 Å². The molecule has 1 aromatic heterocycles. The van der Waals surface area contributed by atoms with Gasteiger partial charge < -0.3 is 9.88 Å². The summed E-state index contributed by atoms with van der Waals surface area (Å²) in [5, 5.41) is 4.55. The number of carbonyl (C=O) groups is 2. The third kappa shape index (κ3) is 3.34. The van der Waals surface area contributed by atoms with Crippen LogP contribution in [-0.4, -0.2) is 16.1 Å². The number of aromatic nitrogens is 1. The normalized spacial score (nSPS) is 19.1. The fraction of sp³-hybridized carbons (Fsp3) is 0.286. The number of dihydropyridines is 1. The molecule has 4 nitrogen and oxygen atoms in total. The van der Waals surface area contributed by atoms with E-state index >= 15 is 0 Å². The van der Waals surface area contributed by atoms with Gasteiger partial charge in [-0.2, -0.15) is 0 Å². The van der Waals surface area contributed by atoms with E-state index in [-0.39, 0.29) is 23.3 Å². The molecule has 1 aliphatic heterocycles. The lowest BCUT2D eigenvalue weighted by Crippen LogP contribution is -2.36. The highest BCUT2D eigenvalue weighted by atomic mass is 19.1. The first-order valence-electron chi connectivity index (χ1n) is 11.7. The maximum atomic E-state index is 13.4. The monoisotopic (exact) mass is 440 g/mol. The van der Waals surface area contributed by atoms with E-state index in [1.165, 1.54) is 12.1 Å². The van der Waals surface area contributed by atoms with E-state index < -0.39 is 0 Å². The summed E-state index contributed by atoms with van der Waals surface area (Å²) in [6.07, 6.45) is 6.54. The van der Waals surface area contributed by atoms with Crippen molar-refractivity contribution in [2.45, 2.75) is 51.0 Å². The fourth-order valence-corrected chi connectivity index (χ4v) is 5.72. The molecule has 2 heterocycles. The molecule has 0 saturated carbocycles. The maximum Gasteiger partial charge on any atom is 0.161 e. The minimum atomic E-state index is -0.323. The molecule has 2 aromatic carbocycles. The number of fused-ring (bicyclic) bond motifs is 1. The first-order valence-corrected chi connectivity index (χ1v) is 11.7. The van der Waals surface area contributed by atoms with Crippen LogP contribution >= 0.6 is 0 Å². The minimum absolute atomic E-state index is 0.147. The molecule has 0 spiro atoms. The number of nitrogens with zero attached hydrogens (tertiary/aromatic N) is 1. The van der Waals surface area contributed by atoms with E-state index in [9.17, 15) is 14.0 Å². The molecule has 0 bridgehead atoms. The summed E-state index contributed by atoms with van der Waals surface area (Å²) in [6.45, 7) is 0.589. The Morgan fingerprint density at radius 3 is 2.15 bits per heavy atom. The quantitative estimate of drug-likeness (QED) is 0.583. The lowest BCUT2D eigenvalue weighted by atomic mass is 9.71. The number of Topliss-reactive ketones (excluding diaryl/α,β-unsaturated/α-hetero) is 2. The molecule has 166 valence electrons. The third-order valence-corrected chi connectivity index (χ3v) is 7.19. The molecule has 1 N–H and O–H groups in total. The summed E-state index contributed by atoms with van der Waals surface area (Å²) in [5.41, 5.74) is 6.61. The molecule has 5 heteroatoms. The second-order valence-corrected chi connectivity index (χ2v) is 9.25. The van der Waals surface area contributed by atoms with Gasteiger partial charge in [-0.1, -0.05) is 30.3 Å². The van der Waals surface area contributed by atoms with Crippen molar-refractivity contribution >= 4 is 22.5 Å². The van der Waals surface area contributed by atoms with Crippen LogP contribution < -0.4 is 5.32 Å². The molecular formula is C28H25FN2O2. The number of carbonyl (C=O) groups excluding carboxylic acids is 2. The van der Waals surface area contributed by atoms with Crippen LogP contribution in [0, 0.1) is 5.82 Å². The van der Waals surface area contributed by atoms with Gasteiger partial charge in [-0.3, -0.25) is 9.59 Å². The number of hydrogen-bond acceptors (Lipinski definition) is 3. The second-order valence-electron chi connectivity index (χ2n) is 9.25. The van der Waals surface area contributed by atoms with Crippen LogP contribution in [0.5, 0.6) is 0 Å². The average molecular weight is 441 g/mol. The molecule has 3 aromatic rings. The Balaban J connectivity index is 1.55. The van der Waals surface area contributed by atoms with E-state index in [4.69, 9.17) is 0 Å². The van der Waals surface area contributed by atoms with Crippen molar-refractivity contribution in [3.8, 4) is 0 Å². The van der Waals surface area contributed by atoms with Gasteiger partial charge in [0.1, 0.15) is 5.82 Å². The van der Waals surface area contributed by atoms with E-state index in [0.29, 0.717) is 19.4 Å². The molecule has 0 radical (unpaired) electrons. The van der Waals surface area contributed by atoms with Gasteiger partial charge in [0.25, 0.3) is 0 Å². The highest BCUT2D eigenvalue weighted by Crippen LogP contribution is 2.47. The summed E-state index contributed by atoms with van der Waals surface area (Å²) in [4.78, 5) is 26.4. The van der Waals surface area contributed by atoms with Crippen molar-refractivity contribution in [2.75, 3.05) is 0 Å². The smallest absolute Gasteiger partial charge is 0.161 e. The van der Waals surface area contributed by atoms with Crippen molar-refractivity contribution in [1.82, 2.24) is 9.88 Å². The Bertz CT molecular complexity index is 1320. The summed E-state index contributed by atoms with van der Waals surface area (Å²) in [6, 6.07) is 14.7. The molecule has 33 heavy (non-hydrogen) atoms. The zero-order valence-electron chi connectivity index (χ0n) is 18.4. The van der Waals surface area contributed by atoms with Crippen molar-refractivity contribution in [3.63, 3.8) is 0 Å². The maximum absolute atomic E-state index is 13.4. The van der Waals surface area contributed by atoms with E-state index in [2.05, 4.69) is 28.2 Å². The van der Waals surface area contributed by atoms with Gasteiger partial charge in [0.05, 0.1) is 0 Å². The molecule has 0 saturated heterocycles. The van der Waals surface area contributed by atoms with Gasteiger partial charge in [0.15, 0.2) is 11.6 Å². The first kappa shape index (κ1) is 20.2. The Kier molecular flexibility index (Phi) is 4.79. The third-order valence-electron chi connectivity index (χ3n) is 7.19. The van der Waals surface area contributed by atoms with Crippen LogP contribution in [0.4, 0.5) is 4.39 Å². The van der Waals surface area contributed by atoms with E-state index in [1.54, 1.807) is 12.1 Å². The Hall–Kier alpha value is -3.47. The predicted octanol–water partition coefficient (Wildman–Crippen LogP) is 5.53. The topological polar surface area (TPSA) is 51.1 Å². The van der Waals surface area contributed by atoms with Crippen molar-refractivity contribution in [3.05, 3.63) is 94.2 Å². The Labute approximate surface area is 191 Å². The van der Waals surface area contributed by atoms with Crippen LogP contribution in [-0.2, 0) is 16.1 Å². The van der Waals surface area contributed by atoms with Crippen molar-refractivity contribution in [2.24, 2.45) is 0 Å². The number of hydrogen-bond donors (Lipinski definition) is 1. The fourth-order valence-electron chi connectivity index (χ4n) is 5.72. The number of allylic oxidation sites excluding steroid dienone is 4. The number of halogens is 1. The molecule has 6 rings (SSSR count). The number of para-hydroxylation sites is 1. The van der Waals surface area contributed by atoms with E-state index in [1.807, 2.05) is 12.1 Å². The highest BCUT2D eigenvalue weighted by molar-refractivity contribution is 6.07.